The van der Waals surface area contributed by atoms with Gasteiger partial charge in [-0.3, -0.25) is 0 Å². The Kier molecular flexibility index (Phi) is 5.10. The van der Waals surface area contributed by atoms with Crippen molar-refractivity contribution in [2.75, 3.05) is 14.2 Å². The molecule has 0 aromatic rings. The van der Waals surface area contributed by atoms with Crippen LogP contribution < -0.4 is 0 Å². The van der Waals surface area contributed by atoms with Gasteiger partial charge < -0.3 is 0 Å². The van der Waals surface area contributed by atoms with Gasteiger partial charge in [0, 0.05) is 0 Å². The van der Waals surface area contributed by atoms with E-state index in [0.717, 1.165) is 0 Å². The summed E-state index contributed by atoms with van der Waals surface area (Å²) in [4.78, 5) is 0. The van der Waals surface area contributed by atoms with Crippen LogP contribution in [0, 0.1) is 0 Å². The molecule has 2 unspecified atom stereocenters. The van der Waals surface area contributed by atoms with E-state index in [1.165, 1.54) is 36.5 Å². The molecule has 1 saturated heterocycles. The molecule has 3 aliphatic heterocycles. The Morgan fingerprint density at radius 3 is 1.61 bits per heavy atom. The molecule has 0 N–H and O–H groups in total. The second kappa shape index (κ2) is 6.81. The van der Waals surface area contributed by atoms with Crippen molar-refractivity contribution in [1.29, 1.82) is 0 Å². The van der Waals surface area contributed by atoms with E-state index in [-0.39, 0.29) is 0 Å². The van der Waals surface area contributed by atoms with E-state index in [1.807, 2.05) is 37.7 Å². The van der Waals surface area contributed by atoms with Crippen LogP contribution in [-0.2, 0) is 26.8 Å². The molecule has 0 saturated carbocycles. The predicted octanol–water partition coefficient (Wildman–Crippen LogP) is 6.94. The molecule has 0 aromatic heterocycles. The molecule has 1 fully saturated rings. The Morgan fingerprint density at radius 2 is 1.25 bits per heavy atom. The van der Waals surface area contributed by atoms with Gasteiger partial charge in [-0.2, -0.15) is 0 Å². The number of thioether (sulfide) groups is 2. The molecule has 0 aromatic carbocycles. The zero-order chi connectivity index (χ0) is 20.2. The minimum atomic E-state index is -3.71. The topological polar surface area (TPSA) is 18.5 Å². The average molecular weight is 638 g/mol. The molecule has 28 heavy (non-hydrogen) atoms. The normalized spacial score (nSPS) is 32.0. The summed E-state index contributed by atoms with van der Waals surface area (Å²) in [6.45, 7) is 9.74. The van der Waals surface area contributed by atoms with Crippen LogP contribution in [0.4, 0.5) is 0 Å². The summed E-state index contributed by atoms with van der Waals surface area (Å²) in [5.74, 6) is 0. The first kappa shape index (κ1) is 21.0. The van der Waals surface area contributed by atoms with Crippen LogP contribution in [-0.4, -0.2) is 32.8 Å². The summed E-state index contributed by atoms with van der Waals surface area (Å²) in [5, 5.41) is 4.20. The summed E-state index contributed by atoms with van der Waals surface area (Å²) >= 11 is 8.26. The monoisotopic (exact) mass is 634 g/mol. The molecule has 0 radical (unpaired) electrons. The van der Waals surface area contributed by atoms with E-state index in [0.29, 0.717) is 10.5 Å². The number of rotatable bonds is 2. The summed E-state index contributed by atoms with van der Waals surface area (Å²) in [7, 11) is 1.89. The average Bonchev–Trinajstić information content (AvgIpc) is 3.32. The van der Waals surface area contributed by atoms with Gasteiger partial charge in [0.1, 0.15) is 0 Å². The molecular formula is C20H22Br2O2S2SiZr. The molecule has 0 spiro atoms. The van der Waals surface area contributed by atoms with Gasteiger partial charge in [-0.05, 0) is 0 Å². The maximum atomic E-state index is 6.38. The molecule has 2 atom stereocenters. The minimum absolute atomic E-state index is 0.415. The van der Waals surface area contributed by atoms with Crippen molar-refractivity contribution >= 4 is 63.5 Å². The van der Waals surface area contributed by atoms with Crippen molar-refractivity contribution < 1.29 is 26.8 Å². The molecule has 2 aliphatic carbocycles. The summed E-state index contributed by atoms with van der Waals surface area (Å²) in [6.07, 6.45) is 4.83. The predicted molar refractivity (Wildman–Crippen MR) is 128 cm³/mol. The second-order valence-electron chi connectivity index (χ2n) is 8.32. The zero-order valence-electron chi connectivity index (χ0n) is 16.7. The first-order valence-electron chi connectivity index (χ1n) is 9.29. The number of hydrogen-bond donors (Lipinski definition) is 0. The Bertz CT molecular complexity index is 955. The van der Waals surface area contributed by atoms with Gasteiger partial charge in [-0.15, -0.1) is 0 Å². The number of halogens is 2. The van der Waals surface area contributed by atoms with E-state index in [2.05, 4.69) is 71.0 Å². The van der Waals surface area contributed by atoms with Crippen LogP contribution in [0.15, 0.2) is 59.0 Å². The Morgan fingerprint density at radius 1 is 0.857 bits per heavy atom. The Hall–Kier alpha value is 1.12. The quantitative estimate of drug-likeness (QED) is 0.306. The summed E-state index contributed by atoms with van der Waals surface area (Å²) in [5.41, 5.74) is 5.79. The van der Waals surface area contributed by atoms with Crippen molar-refractivity contribution in [2.24, 2.45) is 0 Å². The molecule has 3 heterocycles. The molecule has 4 bridgehead atoms. The maximum absolute atomic E-state index is 6.38. The van der Waals surface area contributed by atoms with Crippen LogP contribution in [0.2, 0.25) is 13.1 Å². The fourth-order valence-corrected chi connectivity index (χ4v) is 31.2. The van der Waals surface area contributed by atoms with Crippen LogP contribution in [0.1, 0.15) is 13.8 Å². The van der Waals surface area contributed by atoms with Crippen LogP contribution in [0.5, 0.6) is 0 Å². The van der Waals surface area contributed by atoms with Gasteiger partial charge in [0.05, 0.1) is 0 Å². The standard InChI is InChI=1S/C18H16Br2S2Si.2CH3O.Zr/c1-9-5-11-13(19)7-21-15(11)17(9)23(3,4)18-10(2)6-12-14(20)8-22-16(12)18;2*1-2;/h5-6,15-16H,1-4H3;2*1H3;/q;2*-1;+2. The number of allylic oxidation sites excluding steroid dienone is 6. The van der Waals surface area contributed by atoms with E-state index < -0.39 is 29.2 Å². The number of fused-ring (bicyclic) bond motifs is 2. The Labute approximate surface area is 198 Å². The molecular weight excluding hydrogens is 615 g/mol. The third kappa shape index (κ3) is 2.44. The molecule has 8 heteroatoms. The summed E-state index contributed by atoms with van der Waals surface area (Å²) in [6, 6.07) is 0. The zero-order valence-corrected chi connectivity index (χ0v) is 25.0. The van der Waals surface area contributed by atoms with Crippen molar-refractivity contribution in [3.63, 3.8) is 0 Å². The van der Waals surface area contributed by atoms with Gasteiger partial charge in [-0.25, -0.2) is 0 Å². The van der Waals surface area contributed by atoms with Gasteiger partial charge in [0.25, 0.3) is 0 Å². The van der Waals surface area contributed by atoms with Crippen LogP contribution in [0.25, 0.3) is 0 Å². The molecule has 2 nitrogen and oxygen atoms in total. The summed E-state index contributed by atoms with van der Waals surface area (Å²) < 4.78 is 17.9. The van der Waals surface area contributed by atoms with E-state index >= 15 is 0 Å². The third-order valence-corrected chi connectivity index (χ3v) is 29.3. The molecule has 0 amide bonds. The second-order valence-corrected chi connectivity index (χ2v) is 25.7. The van der Waals surface area contributed by atoms with Gasteiger partial charge >= 0.3 is 201 Å². The van der Waals surface area contributed by atoms with Gasteiger partial charge in [-0.1, -0.05) is 0 Å². The van der Waals surface area contributed by atoms with Gasteiger partial charge in [0.15, 0.2) is 0 Å². The third-order valence-electron chi connectivity index (χ3n) is 6.58. The SMILES string of the molecule is C[O][Zr]1([O]C)[C]2=C(Br)C3=CC(C)=C(C3S2)[Si](C)(C)C2=C(C)C=C3C(Br)=[C]1SC32. The first-order valence-corrected chi connectivity index (χ1v) is 20.1. The van der Waals surface area contributed by atoms with Crippen LogP contribution >= 0.6 is 55.4 Å². The van der Waals surface area contributed by atoms with Crippen molar-refractivity contribution in [3.05, 3.63) is 59.0 Å². The first-order chi connectivity index (χ1) is 13.2. The fraction of sp³-hybridized carbons (Fsp3) is 0.400. The molecule has 148 valence electrons. The van der Waals surface area contributed by atoms with E-state index in [1.54, 1.807) is 10.4 Å². The molecule has 5 aliphatic rings. The van der Waals surface area contributed by atoms with Crippen molar-refractivity contribution in [1.82, 2.24) is 0 Å². The van der Waals surface area contributed by atoms with Crippen molar-refractivity contribution in [2.45, 2.75) is 37.4 Å². The Balaban J connectivity index is 1.86. The van der Waals surface area contributed by atoms with Crippen LogP contribution in [0.3, 0.4) is 0 Å². The van der Waals surface area contributed by atoms with E-state index in [9.17, 15) is 0 Å². The fourth-order valence-electron chi connectivity index (χ4n) is 5.49. The van der Waals surface area contributed by atoms with Gasteiger partial charge in [0.2, 0.25) is 0 Å². The van der Waals surface area contributed by atoms with Crippen molar-refractivity contribution in [3.8, 4) is 0 Å². The molecule has 5 rings (SSSR count). The van der Waals surface area contributed by atoms with E-state index in [4.69, 9.17) is 5.63 Å². The number of hydrogen-bond acceptors (Lipinski definition) is 4.